The lowest BCUT2D eigenvalue weighted by Crippen LogP contribution is -2.55. The third-order valence-electron chi connectivity index (χ3n) is 19.6. The van der Waals surface area contributed by atoms with E-state index in [1.54, 1.807) is 30.7 Å². The molecule has 26 heteroatoms. The van der Waals surface area contributed by atoms with Crippen LogP contribution in [0, 0.1) is 0 Å². The van der Waals surface area contributed by atoms with E-state index in [1.165, 1.54) is 16.7 Å². The van der Waals surface area contributed by atoms with E-state index in [1.807, 2.05) is 107 Å². The van der Waals surface area contributed by atoms with Crippen LogP contribution in [0.2, 0.25) is 0 Å². The first kappa shape index (κ1) is 73.5. The van der Waals surface area contributed by atoms with Crippen molar-refractivity contribution in [2.75, 3.05) is 180 Å². The average molecular weight is 1370 g/mol. The van der Waals surface area contributed by atoms with Crippen LogP contribution in [-0.4, -0.2) is 235 Å². The van der Waals surface area contributed by atoms with Gasteiger partial charge in [-0.15, -0.1) is 0 Å². The number of amides is 6. The Morgan fingerprint density at radius 2 is 0.798 bits per heavy atom. The number of morpholine rings is 3. The van der Waals surface area contributed by atoms with Gasteiger partial charge < -0.3 is 72.1 Å². The van der Waals surface area contributed by atoms with Crippen molar-refractivity contribution in [2.24, 2.45) is 0 Å². The van der Waals surface area contributed by atoms with Crippen LogP contribution in [-0.2, 0) is 65.6 Å². The Labute approximate surface area is 580 Å². The number of halogens is 2. The molecule has 6 atom stereocenters. The predicted octanol–water partition coefficient (Wildman–Crippen LogP) is 7.74. The second-order valence-electron chi connectivity index (χ2n) is 27.3. The number of carbonyl (C=O) groups is 5. The summed E-state index contributed by atoms with van der Waals surface area (Å²) >= 11 is 0. The molecule has 0 aliphatic carbocycles. The van der Waals surface area contributed by atoms with Crippen molar-refractivity contribution in [3.8, 4) is 0 Å². The largest absolute Gasteiger partial charge is 0.389 e. The second-order valence-corrected chi connectivity index (χ2v) is 27.3. The molecule has 536 valence electrons. The number of rotatable bonds is 11. The molecular weight excluding hydrogens is 1270 g/mol. The van der Waals surface area contributed by atoms with E-state index in [4.69, 9.17) is 14.2 Å². The number of hydrogen-bond donors (Lipinski definition) is 10. The highest BCUT2D eigenvalue weighted by molar-refractivity contribution is 6.01. The summed E-state index contributed by atoms with van der Waals surface area (Å²) in [6, 6.07) is 29.6. The Hall–Kier alpha value is -8.21. The van der Waals surface area contributed by atoms with Crippen LogP contribution in [0.25, 0.3) is 0 Å². The topological polar surface area (TPSA) is 261 Å². The number of alkyl halides is 2. The number of hydrogen-bond acceptors (Lipinski definition) is 18. The molecule has 6 amide bonds. The Morgan fingerprint density at radius 1 is 0.485 bits per heavy atom. The molecule has 4 saturated heterocycles. The molecule has 10 N–H and O–H groups in total. The van der Waals surface area contributed by atoms with Crippen molar-refractivity contribution < 1.29 is 52.1 Å². The first-order valence-corrected chi connectivity index (χ1v) is 34.6. The first-order valence-electron chi connectivity index (χ1n) is 34.6. The Kier molecular flexibility index (Phi) is 24.4. The molecule has 0 aromatic heterocycles. The van der Waals surface area contributed by atoms with Crippen LogP contribution in [0.4, 0.5) is 70.4 Å². The number of likely N-dealkylation sites (tertiary alicyclic amines) is 1. The number of β-amino-alcohol motifs (C(OH)–C–C–N with tert-alkyl or cyclic N) is 1. The van der Waals surface area contributed by atoms with Crippen molar-refractivity contribution in [3.05, 3.63) is 119 Å². The summed E-state index contributed by atoms with van der Waals surface area (Å²) in [5, 5.41) is 37.2. The van der Waals surface area contributed by atoms with Gasteiger partial charge in [0.2, 0.25) is 23.6 Å². The number of anilines is 10. The normalized spacial score (nSPS) is 23.7. The summed E-state index contributed by atoms with van der Waals surface area (Å²) in [5.74, 6) is -2.38. The quantitative estimate of drug-likeness (QED) is 0.0606. The maximum atomic E-state index is 13.2. The second kappa shape index (κ2) is 32.9. The van der Waals surface area contributed by atoms with E-state index in [2.05, 4.69) is 101 Å². The highest BCUT2D eigenvalue weighted by atomic mass is 19.3. The van der Waals surface area contributed by atoms with Gasteiger partial charge >= 0.3 is 6.03 Å². The number of fused-ring (bicyclic) bond motifs is 5. The number of nitrogens with one attached hydrogen (secondary N) is 9. The van der Waals surface area contributed by atoms with Crippen molar-refractivity contribution in [3.63, 3.8) is 0 Å². The summed E-state index contributed by atoms with van der Waals surface area (Å²) in [4.78, 5) is 73.3. The van der Waals surface area contributed by atoms with E-state index < -0.39 is 11.5 Å². The van der Waals surface area contributed by atoms with Gasteiger partial charge in [0.25, 0.3) is 5.92 Å². The Bertz CT molecular complexity index is 3550. The van der Waals surface area contributed by atoms with Crippen LogP contribution in [0.1, 0.15) is 68.4 Å². The van der Waals surface area contributed by atoms with Gasteiger partial charge in [0.15, 0.2) is 0 Å². The molecule has 4 fully saturated rings. The number of urea groups is 1. The van der Waals surface area contributed by atoms with Gasteiger partial charge in [0.1, 0.15) is 0 Å². The SMILES string of the molecule is CNc1ccc2c(c1)N(C)C(=O)N(CC(C)(C)O)C2.CNc1ccc2c(c1)NC(=O)C(N1CCC(F)(F)CC1)C2.CNc1ccc2c(c1)NC(=O)C(N1C[C@@H](C)O[C@@H](C)C1)C2.CNc1ccc2c(c1)NC(=O)[C@@H](N1CCOCC1)C2.CNc1ccc2c(c1)NC(=O)[C@H](N1CCOCC1)C2. The zero-order chi connectivity index (χ0) is 70.7. The minimum Gasteiger partial charge on any atom is -0.389 e. The molecule has 5 aromatic rings. The highest BCUT2D eigenvalue weighted by Crippen LogP contribution is 2.36. The van der Waals surface area contributed by atoms with E-state index >= 15 is 0 Å². The van der Waals surface area contributed by atoms with Gasteiger partial charge in [-0.25, -0.2) is 13.6 Å². The monoisotopic (exact) mass is 1370 g/mol. The summed E-state index contributed by atoms with van der Waals surface area (Å²) in [6.45, 7) is 16.8. The van der Waals surface area contributed by atoms with Crippen LogP contribution < -0.4 is 52.8 Å². The minimum atomic E-state index is -2.58. The summed E-state index contributed by atoms with van der Waals surface area (Å²) in [7, 11) is 11.1. The van der Waals surface area contributed by atoms with Gasteiger partial charge in [-0.1, -0.05) is 30.3 Å². The molecule has 0 radical (unpaired) electrons. The standard InChI is InChI=1S/C16H23N3O2.C15H19F2N3O.2C14H19N3O2.C14H21N3O2/c1-10-8-19(9-11(2)21-10)15-6-12-4-5-13(17-3)7-14(12)18-16(15)20;1-18-11-3-2-10-8-13(14(21)19-12(10)9-11)20-6-4-15(16,17)5-7-20;2*1-15-11-3-2-10-8-13(14(18)16-12(10)9-11)17-4-6-19-7-5-17;1-14(2,19)9-17-8-10-5-6-11(15-3)7-12(10)16(4)13(17)18/h4-5,7,10-11,15,17H,6,8-9H2,1-3H3,(H,18,20);2-3,9,13,18H,4-8H2,1H3,(H,19,21);2*2-3,9,13,15H,4-8H2,1H3,(H,16,18);5-7,15,19H,8-9H2,1-4H3/t10-,11+,15?;;2*13-;/m..10./s1. The number of piperidine rings is 1. The van der Waals surface area contributed by atoms with Crippen molar-refractivity contribution >= 4 is 86.5 Å². The molecule has 2 unspecified atom stereocenters. The molecule has 24 nitrogen and oxygen atoms in total. The van der Waals surface area contributed by atoms with Crippen molar-refractivity contribution in [1.29, 1.82) is 0 Å². The molecule has 9 aliphatic heterocycles. The molecule has 99 heavy (non-hydrogen) atoms. The van der Waals surface area contributed by atoms with Crippen LogP contribution in [0.3, 0.4) is 0 Å². The third kappa shape index (κ3) is 18.8. The fraction of sp³-hybridized carbons (Fsp3) is 0.521. The maximum Gasteiger partial charge on any atom is 0.324 e. The van der Waals surface area contributed by atoms with Crippen LogP contribution in [0.15, 0.2) is 91.0 Å². The van der Waals surface area contributed by atoms with E-state index in [0.29, 0.717) is 19.5 Å². The molecule has 0 bridgehead atoms. The summed E-state index contributed by atoms with van der Waals surface area (Å²) < 4.78 is 42.9. The van der Waals surface area contributed by atoms with Crippen LogP contribution >= 0.6 is 0 Å². The number of aliphatic hydroxyl groups is 1. The number of nitrogens with zero attached hydrogens (tertiary/aromatic N) is 6. The highest BCUT2D eigenvalue weighted by Gasteiger charge is 2.41. The Balaban J connectivity index is 0.000000134. The van der Waals surface area contributed by atoms with Gasteiger partial charge in [0.05, 0.1) is 80.6 Å². The Morgan fingerprint density at radius 3 is 1.13 bits per heavy atom. The summed E-state index contributed by atoms with van der Waals surface area (Å²) in [5.41, 5.74) is 14.3. The molecule has 14 rings (SSSR count). The molecular formula is C73H101F2N15O9. The minimum absolute atomic E-state index is 0.0585. The van der Waals surface area contributed by atoms with Crippen LogP contribution in [0.5, 0.6) is 0 Å². The lowest BCUT2D eigenvalue weighted by Gasteiger charge is -2.41. The lowest BCUT2D eigenvalue weighted by atomic mass is 9.95. The first-order chi connectivity index (χ1) is 47.4. The zero-order valence-electron chi connectivity index (χ0n) is 58.9. The molecule has 9 heterocycles. The third-order valence-corrected chi connectivity index (χ3v) is 19.6. The fourth-order valence-electron chi connectivity index (χ4n) is 14.1. The number of carbonyl (C=O) groups excluding carboxylic acids is 5. The van der Waals surface area contributed by atoms with Crippen molar-refractivity contribution in [2.45, 2.75) is 121 Å². The fourth-order valence-corrected chi connectivity index (χ4v) is 14.1. The van der Waals surface area contributed by atoms with Gasteiger partial charge in [-0.2, -0.15) is 0 Å². The zero-order valence-corrected chi connectivity index (χ0v) is 58.9. The van der Waals surface area contributed by atoms with E-state index in [0.717, 1.165) is 153 Å². The van der Waals surface area contributed by atoms with E-state index in [-0.39, 0.29) is 92.0 Å². The number of ether oxygens (including phenoxy) is 3. The maximum absolute atomic E-state index is 13.2. The van der Waals surface area contributed by atoms with Crippen molar-refractivity contribution in [1.82, 2.24) is 24.5 Å². The molecule has 5 aromatic carbocycles. The lowest BCUT2D eigenvalue weighted by molar-refractivity contribution is -0.128. The smallest absolute Gasteiger partial charge is 0.324 e. The molecule has 9 aliphatic rings. The molecule has 0 spiro atoms. The molecule has 0 saturated carbocycles. The predicted molar refractivity (Wildman–Crippen MR) is 387 cm³/mol. The van der Waals surface area contributed by atoms with Gasteiger partial charge in [0, 0.05) is 165 Å². The van der Waals surface area contributed by atoms with E-state index in [9.17, 15) is 37.9 Å². The summed E-state index contributed by atoms with van der Waals surface area (Å²) in [6.07, 6.45) is 2.94. The number of benzene rings is 5. The van der Waals surface area contributed by atoms with Gasteiger partial charge in [-0.3, -0.25) is 43.7 Å². The van der Waals surface area contributed by atoms with Gasteiger partial charge in [-0.05, 0) is 142 Å². The average Bonchev–Trinajstić information content (AvgIpc) is 0.882.